The summed E-state index contributed by atoms with van der Waals surface area (Å²) in [6, 6.07) is -4.20. The highest BCUT2D eigenvalue weighted by Gasteiger charge is 2.31. The molecule has 0 fully saturated rings. The largest absolute Gasteiger partial charge is 0.480 e. The normalized spacial score (nSPS) is 14.8. The number of hydrogen-bond acceptors (Lipinski definition) is 8. The minimum absolute atomic E-state index is 0.0595. The fraction of sp³-hybridized carbons (Fsp3) is 0.667. The number of H-pyrrole nitrogens is 1. The molecule has 1 aromatic rings. The molecule has 1 heterocycles. The van der Waals surface area contributed by atoms with Crippen LogP contribution in [0.25, 0.3) is 0 Å². The summed E-state index contributed by atoms with van der Waals surface area (Å²) in [6.07, 6.45) is 5.39. The molecule has 5 atom stereocenters. The number of carbonyl (C=O) groups excluding carboxylic acids is 3. The van der Waals surface area contributed by atoms with E-state index in [1.54, 1.807) is 0 Å². The van der Waals surface area contributed by atoms with Gasteiger partial charge in [0.25, 0.3) is 0 Å². The van der Waals surface area contributed by atoms with Gasteiger partial charge in [-0.2, -0.15) is 0 Å². The van der Waals surface area contributed by atoms with Crippen LogP contribution < -0.4 is 38.9 Å². The lowest BCUT2D eigenvalue weighted by Gasteiger charge is -2.26. The van der Waals surface area contributed by atoms with Crippen LogP contribution in [0.2, 0.25) is 0 Å². The smallest absolute Gasteiger partial charge is 0.326 e. The quantitative estimate of drug-likeness (QED) is 0.0519. The summed E-state index contributed by atoms with van der Waals surface area (Å²) in [5.74, 6) is -3.28. The lowest BCUT2D eigenvalue weighted by atomic mass is 9.98. The second-order valence-electron chi connectivity index (χ2n) is 9.45. The minimum Gasteiger partial charge on any atom is -0.480 e. The van der Waals surface area contributed by atoms with Gasteiger partial charge in [-0.25, -0.2) is 9.78 Å². The van der Waals surface area contributed by atoms with Crippen molar-refractivity contribution < 1.29 is 24.3 Å². The van der Waals surface area contributed by atoms with E-state index in [9.17, 15) is 24.3 Å². The third kappa shape index (κ3) is 12.6. The van der Waals surface area contributed by atoms with Gasteiger partial charge in [-0.3, -0.25) is 19.4 Å². The molecule has 0 aliphatic heterocycles. The zero-order chi connectivity index (χ0) is 29.4. The third-order valence-electron chi connectivity index (χ3n) is 6.31. The van der Waals surface area contributed by atoms with Gasteiger partial charge in [0.2, 0.25) is 17.7 Å². The third-order valence-corrected chi connectivity index (χ3v) is 6.31. The summed E-state index contributed by atoms with van der Waals surface area (Å²) < 4.78 is 0. The van der Waals surface area contributed by atoms with Crippen molar-refractivity contribution in [1.29, 1.82) is 0 Å². The molecule has 15 nitrogen and oxygen atoms in total. The molecule has 3 amide bonds. The van der Waals surface area contributed by atoms with Gasteiger partial charge in [-0.15, -0.1) is 0 Å². The molecule has 0 bridgehead atoms. The standard InChI is InChI=1S/C24H44N10O5/c1-3-14(2)19(26)22(37)34-18(11-15-12-29-13-31-15)21(36)32-16(8-6-10-30-24(27)28)20(35)33-17(23(38)39)7-4-5-9-25/h12-14,16-19H,3-11,25-26H2,1-2H3,(H,29,31)(H,32,36)(H,33,35)(H,34,37)(H,38,39)(H4,27,28,30). The Hall–Kier alpha value is -3.72. The molecule has 0 spiro atoms. The molecule has 220 valence electrons. The first-order valence-electron chi connectivity index (χ1n) is 13.1. The summed E-state index contributed by atoms with van der Waals surface area (Å²) in [4.78, 5) is 61.7. The predicted octanol–water partition coefficient (Wildman–Crippen LogP) is -1.95. The summed E-state index contributed by atoms with van der Waals surface area (Å²) in [7, 11) is 0. The number of rotatable bonds is 19. The summed E-state index contributed by atoms with van der Waals surface area (Å²) in [5, 5.41) is 17.4. The molecular weight excluding hydrogens is 508 g/mol. The molecule has 1 rings (SSSR count). The van der Waals surface area contributed by atoms with E-state index in [2.05, 4.69) is 30.9 Å². The molecule has 1 aromatic heterocycles. The Bertz CT molecular complexity index is 936. The lowest BCUT2D eigenvalue weighted by Crippen LogP contribution is -2.58. The van der Waals surface area contributed by atoms with Crippen molar-refractivity contribution in [1.82, 2.24) is 25.9 Å². The van der Waals surface area contributed by atoms with Gasteiger partial charge < -0.3 is 49.0 Å². The number of carboxylic acid groups (broad SMARTS) is 1. The number of nitrogens with one attached hydrogen (secondary N) is 4. The number of aliphatic imine (C=N–C) groups is 1. The maximum atomic E-state index is 13.4. The van der Waals surface area contributed by atoms with Crippen LogP contribution in [0.15, 0.2) is 17.5 Å². The van der Waals surface area contributed by atoms with Gasteiger partial charge in [0.05, 0.1) is 12.4 Å². The predicted molar refractivity (Wildman–Crippen MR) is 146 cm³/mol. The average Bonchev–Trinajstić information content (AvgIpc) is 3.41. The number of unbranched alkanes of at least 4 members (excludes halogenated alkanes) is 1. The van der Waals surface area contributed by atoms with Crippen LogP contribution in [0, 0.1) is 5.92 Å². The number of aromatic amines is 1. The molecule has 15 heteroatoms. The summed E-state index contributed by atoms with van der Waals surface area (Å²) >= 11 is 0. The maximum Gasteiger partial charge on any atom is 0.326 e. The minimum atomic E-state index is -1.20. The zero-order valence-corrected chi connectivity index (χ0v) is 22.7. The molecule has 13 N–H and O–H groups in total. The molecule has 0 aromatic carbocycles. The number of guanidine groups is 1. The van der Waals surface area contributed by atoms with Crippen molar-refractivity contribution in [2.45, 2.75) is 83.0 Å². The Morgan fingerprint density at radius 2 is 1.62 bits per heavy atom. The number of aliphatic carboxylic acids is 1. The van der Waals surface area contributed by atoms with Gasteiger partial charge in [0.1, 0.15) is 18.1 Å². The zero-order valence-electron chi connectivity index (χ0n) is 22.7. The fourth-order valence-corrected chi connectivity index (χ4v) is 3.67. The van der Waals surface area contributed by atoms with Gasteiger partial charge in [-0.1, -0.05) is 20.3 Å². The molecule has 0 aliphatic carbocycles. The fourth-order valence-electron chi connectivity index (χ4n) is 3.67. The number of hydrogen-bond donors (Lipinski definition) is 9. The number of nitrogens with zero attached hydrogens (tertiary/aromatic N) is 2. The van der Waals surface area contributed by atoms with E-state index < -0.39 is 47.9 Å². The van der Waals surface area contributed by atoms with E-state index in [-0.39, 0.29) is 37.7 Å². The van der Waals surface area contributed by atoms with Crippen molar-refractivity contribution in [3.05, 3.63) is 18.2 Å². The first-order valence-corrected chi connectivity index (χ1v) is 13.1. The van der Waals surface area contributed by atoms with Gasteiger partial charge in [-0.05, 0) is 44.6 Å². The monoisotopic (exact) mass is 552 g/mol. The number of aromatic nitrogens is 2. The van der Waals surface area contributed by atoms with Gasteiger partial charge in [0, 0.05) is 24.9 Å². The summed E-state index contributed by atoms with van der Waals surface area (Å²) in [5.41, 5.74) is 22.8. The summed E-state index contributed by atoms with van der Waals surface area (Å²) in [6.45, 7) is 4.32. The van der Waals surface area contributed by atoms with E-state index >= 15 is 0 Å². The first-order chi connectivity index (χ1) is 18.5. The van der Waals surface area contributed by atoms with E-state index in [1.165, 1.54) is 12.5 Å². The van der Waals surface area contributed by atoms with Crippen LogP contribution in [0.3, 0.4) is 0 Å². The maximum absolute atomic E-state index is 13.4. The van der Waals surface area contributed by atoms with Gasteiger partial charge >= 0.3 is 5.97 Å². The topological polar surface area (TPSA) is 270 Å². The van der Waals surface area contributed by atoms with Crippen LogP contribution >= 0.6 is 0 Å². The van der Waals surface area contributed by atoms with Crippen LogP contribution in [0.5, 0.6) is 0 Å². The highest BCUT2D eigenvalue weighted by Crippen LogP contribution is 2.09. The molecule has 0 saturated heterocycles. The van der Waals surface area contributed by atoms with Crippen molar-refractivity contribution in [2.24, 2.45) is 33.8 Å². The highest BCUT2D eigenvalue weighted by molar-refractivity contribution is 5.94. The molecule has 0 saturated carbocycles. The van der Waals surface area contributed by atoms with E-state index in [0.29, 0.717) is 37.9 Å². The molecule has 0 radical (unpaired) electrons. The SMILES string of the molecule is CCC(C)C(N)C(=O)NC(Cc1cnc[nH]1)C(=O)NC(CCCN=C(N)N)C(=O)NC(CCCCN)C(=O)O. The molecule has 39 heavy (non-hydrogen) atoms. The van der Waals surface area contributed by atoms with Crippen LogP contribution in [-0.2, 0) is 25.6 Å². The number of carbonyl (C=O) groups is 4. The Morgan fingerprint density at radius 1 is 1.00 bits per heavy atom. The number of imidazole rings is 1. The number of amides is 3. The first kappa shape index (κ1) is 33.3. The van der Waals surface area contributed by atoms with Crippen molar-refractivity contribution in [3.63, 3.8) is 0 Å². The number of nitrogens with two attached hydrogens (primary N) is 4. The van der Waals surface area contributed by atoms with Crippen molar-refractivity contribution in [3.8, 4) is 0 Å². The van der Waals surface area contributed by atoms with Gasteiger partial charge in [0.15, 0.2) is 5.96 Å². The number of carboxylic acids is 1. The van der Waals surface area contributed by atoms with E-state index in [4.69, 9.17) is 22.9 Å². The second kappa shape index (κ2) is 17.7. The Kier molecular flexibility index (Phi) is 15.1. The van der Waals surface area contributed by atoms with Crippen molar-refractivity contribution >= 4 is 29.7 Å². The Labute approximate surface area is 228 Å². The van der Waals surface area contributed by atoms with Crippen molar-refractivity contribution in [2.75, 3.05) is 13.1 Å². The molecule has 0 aliphatic rings. The molecular formula is C24H44N10O5. The Morgan fingerprint density at radius 3 is 2.18 bits per heavy atom. The second-order valence-corrected chi connectivity index (χ2v) is 9.45. The Balaban J connectivity index is 3.10. The average molecular weight is 553 g/mol. The van der Waals surface area contributed by atoms with E-state index in [1.807, 2.05) is 13.8 Å². The highest BCUT2D eigenvalue weighted by atomic mass is 16.4. The lowest BCUT2D eigenvalue weighted by molar-refractivity contribution is -0.142. The van der Waals surface area contributed by atoms with Crippen LogP contribution in [-0.4, -0.2) is 82.0 Å². The molecule has 5 unspecified atom stereocenters. The van der Waals surface area contributed by atoms with Crippen LogP contribution in [0.4, 0.5) is 0 Å². The van der Waals surface area contributed by atoms with E-state index in [0.717, 1.165) is 0 Å². The van der Waals surface area contributed by atoms with Crippen LogP contribution in [0.1, 0.15) is 58.1 Å².